The normalized spacial score (nSPS) is 23.2. The summed E-state index contributed by atoms with van der Waals surface area (Å²) in [6, 6.07) is 51.8. The second-order valence-corrected chi connectivity index (χ2v) is 46.2. The maximum Gasteiger partial charge on any atom is 0.224 e. The van der Waals surface area contributed by atoms with Gasteiger partial charge >= 0.3 is 0 Å². The van der Waals surface area contributed by atoms with Gasteiger partial charge in [0.2, 0.25) is 11.6 Å². The van der Waals surface area contributed by atoms with E-state index in [-0.39, 0.29) is 19.3 Å². The predicted octanol–water partition coefficient (Wildman–Crippen LogP) is 17.0. The highest BCUT2D eigenvalue weighted by molar-refractivity contribution is 7.16. The molecule has 0 amide bonds. The van der Waals surface area contributed by atoms with Crippen LogP contribution in [0.4, 0.5) is 4.39 Å². The molecule has 0 radical (unpaired) electrons. The quantitative estimate of drug-likeness (QED) is 0.0333. The van der Waals surface area contributed by atoms with Crippen LogP contribution in [0.2, 0.25) is 58.9 Å². The van der Waals surface area contributed by atoms with Gasteiger partial charge in [-0.15, -0.1) is 34.0 Å². The molecule has 21 heteroatoms. The molecule has 2 fully saturated rings. The number of aliphatic hydroxyl groups excluding tert-OH is 7. The van der Waals surface area contributed by atoms with Crippen LogP contribution in [0.1, 0.15) is 115 Å². The minimum atomic E-state index is -2.23. The Morgan fingerprint density at radius 2 is 0.853 bits per heavy atom. The summed E-state index contributed by atoms with van der Waals surface area (Å²) in [6.07, 6.45) is -9.80. The molecule has 9 aromatic rings. The van der Waals surface area contributed by atoms with Gasteiger partial charge in [0.25, 0.3) is 0 Å². The number of halogens is 1. The minimum absolute atomic E-state index is 0. The van der Waals surface area contributed by atoms with Crippen molar-refractivity contribution < 1.29 is 72.7 Å². The third kappa shape index (κ3) is 19.3. The molecular weight excluding hydrogens is 1400 g/mol. The Hall–Kier alpha value is -5.56. The number of aliphatic hydroxyl groups is 8. The highest BCUT2D eigenvalue weighted by atomic mass is 32.1. The number of thiophene rings is 3. The van der Waals surface area contributed by atoms with Gasteiger partial charge < -0.3 is 68.3 Å². The maximum absolute atomic E-state index is 13.0. The summed E-state index contributed by atoms with van der Waals surface area (Å²) in [5.41, 5.74) is 12.7. The summed E-state index contributed by atoms with van der Waals surface area (Å²) in [6.45, 7) is 32.8. The summed E-state index contributed by atoms with van der Waals surface area (Å²) < 4.78 is 51.6. The van der Waals surface area contributed by atoms with E-state index in [0.717, 1.165) is 79.3 Å². The van der Waals surface area contributed by atoms with Crippen molar-refractivity contribution in [1.29, 1.82) is 0 Å². The van der Waals surface area contributed by atoms with Crippen molar-refractivity contribution >= 4 is 59.0 Å². The lowest BCUT2D eigenvalue weighted by Crippen LogP contribution is -2.68. The van der Waals surface area contributed by atoms with Gasteiger partial charge in [0.1, 0.15) is 60.8 Å². The van der Waals surface area contributed by atoms with E-state index >= 15 is 0 Å². The number of rotatable bonds is 20. The molecule has 6 aromatic carbocycles. The number of ether oxygens (including phenoxy) is 3. The van der Waals surface area contributed by atoms with Crippen LogP contribution in [0.3, 0.4) is 0 Å². The monoisotopic (exact) mass is 1500 g/mol. The Labute approximate surface area is 618 Å². The van der Waals surface area contributed by atoms with E-state index in [1.165, 1.54) is 53.0 Å². The molecule has 550 valence electrons. The third-order valence-corrected chi connectivity index (χ3v) is 24.5. The lowest BCUT2D eigenvalue weighted by atomic mass is 9.85. The van der Waals surface area contributed by atoms with Crippen LogP contribution in [0, 0.1) is 47.4 Å². The molecule has 11 rings (SSSR count). The standard InChI is InChI=1S/C35H54O6SSi3.C26H30O7S.C19H17FOS.CH4/c1-13-28-32(39-43(4,5)6)33(40-44(7,8)9)34(41-45(10,11)12)35(37,38-28)26-19-16-24(3)27(22-26)31(36)30-21-20-29(42-30)25-17-14-23(2)15-18-25;1-14-4-7-16(8-5-14)20-10-11-21(34-20)22(28)18-12-17(9-6-15(18)2)26(32-3)25(31)24(30)23(29)19(13-27)33-26;1-12-3-4-13(2)16(11-12)19(21)18-10-9-17(22-18)14-5-7-15(20)8-6-14;/h14-22,28,31-34,36-37H,13H2,1-12H3;4-12,19,22-25,27-31H,13H2,1-3H3;3-11,19,21H,1-2H3;1H4/t28-,31?,32-,33+,34-,35?;19-,22?,23-,24+,25-,26?;;/m11../s1. The van der Waals surface area contributed by atoms with E-state index in [2.05, 4.69) is 103 Å². The SMILES string of the molecule is C.CC[C@H]1OC(O)(c2ccc(C)c(C(O)c3ccc(-c4ccc(C)cc4)s3)c2)[C@H](O[Si](C)(C)C)[C@@H](O[Si](C)(C)C)[C@@H]1O[Si](C)(C)C.COC1(c2ccc(C)c(C(O)c3ccc(-c4ccc(C)cc4)s3)c2)O[C@H](CO)[C@@H](O)[C@H](O)[C@H]1O.Cc1ccc(C)c(C(O)c2ccc(-c3ccc(F)cc3)s2)c1. The first kappa shape index (κ1) is 82.1. The van der Waals surface area contributed by atoms with Gasteiger partial charge in [-0.2, -0.15) is 0 Å². The van der Waals surface area contributed by atoms with Crippen LogP contribution >= 0.6 is 34.0 Å². The van der Waals surface area contributed by atoms with E-state index in [1.807, 2.05) is 126 Å². The van der Waals surface area contributed by atoms with E-state index in [4.69, 9.17) is 27.5 Å². The van der Waals surface area contributed by atoms with Gasteiger partial charge in [0, 0.05) is 47.5 Å². The van der Waals surface area contributed by atoms with Crippen LogP contribution < -0.4 is 0 Å². The van der Waals surface area contributed by atoms with Crippen molar-refractivity contribution in [3.8, 4) is 31.3 Å². The zero-order valence-electron chi connectivity index (χ0n) is 61.0. The molecule has 0 bridgehead atoms. The number of aryl methyl sites for hydroxylation is 6. The molecule has 0 saturated carbocycles. The average molecular weight is 1500 g/mol. The fraction of sp³-hybridized carbons (Fsp3) is 0.407. The molecule has 5 unspecified atom stereocenters. The fourth-order valence-electron chi connectivity index (χ4n) is 12.6. The highest BCUT2D eigenvalue weighted by Crippen LogP contribution is 2.47. The maximum atomic E-state index is 13.0. The molecule has 5 heterocycles. The molecule has 2 saturated heterocycles. The Morgan fingerprint density at radius 3 is 1.26 bits per heavy atom. The van der Waals surface area contributed by atoms with Crippen molar-refractivity contribution in [3.05, 3.63) is 245 Å². The van der Waals surface area contributed by atoms with E-state index in [0.29, 0.717) is 23.1 Å². The zero-order valence-corrected chi connectivity index (χ0v) is 66.4. The molecule has 2 aliphatic rings. The number of hydrogen-bond donors (Lipinski definition) is 8. The van der Waals surface area contributed by atoms with Gasteiger partial charge in [-0.25, -0.2) is 4.39 Å². The molecule has 0 aliphatic carbocycles. The van der Waals surface area contributed by atoms with Crippen molar-refractivity contribution in [3.63, 3.8) is 0 Å². The van der Waals surface area contributed by atoms with Crippen LogP contribution in [0.15, 0.2) is 164 Å². The lowest BCUT2D eigenvalue weighted by Gasteiger charge is -2.54. The highest BCUT2D eigenvalue weighted by Gasteiger charge is 2.59. The minimum Gasteiger partial charge on any atom is -0.409 e. The van der Waals surface area contributed by atoms with Gasteiger partial charge in [-0.1, -0.05) is 134 Å². The van der Waals surface area contributed by atoms with Crippen LogP contribution in [0.25, 0.3) is 31.3 Å². The van der Waals surface area contributed by atoms with E-state index in [9.17, 15) is 45.2 Å². The van der Waals surface area contributed by atoms with Crippen molar-refractivity contribution in [2.24, 2.45) is 0 Å². The van der Waals surface area contributed by atoms with Gasteiger partial charge in [-0.05, 0) is 218 Å². The molecular formula is C81H105FO14S3Si3. The predicted molar refractivity (Wildman–Crippen MR) is 418 cm³/mol. The Kier molecular flexibility index (Phi) is 27.3. The van der Waals surface area contributed by atoms with E-state index in [1.54, 1.807) is 41.7 Å². The molecule has 102 heavy (non-hydrogen) atoms. The molecule has 14 nitrogen and oxygen atoms in total. The molecule has 3 aromatic heterocycles. The third-order valence-electron chi connectivity index (χ3n) is 18.0. The Morgan fingerprint density at radius 1 is 0.471 bits per heavy atom. The summed E-state index contributed by atoms with van der Waals surface area (Å²) in [4.78, 5) is 5.64. The van der Waals surface area contributed by atoms with Crippen LogP contribution in [-0.4, -0.2) is 128 Å². The summed E-state index contributed by atoms with van der Waals surface area (Å²) in [5, 5.41) is 87.4. The van der Waals surface area contributed by atoms with Gasteiger partial charge in [-0.3, -0.25) is 0 Å². The Bertz CT molecular complexity index is 4200. The zero-order chi connectivity index (χ0) is 73.8. The second kappa shape index (κ2) is 33.9. The van der Waals surface area contributed by atoms with Crippen LogP contribution in [-0.2, 0) is 39.1 Å². The van der Waals surface area contributed by atoms with Gasteiger partial charge in [0.15, 0.2) is 25.0 Å². The van der Waals surface area contributed by atoms with Crippen molar-refractivity contribution in [2.45, 2.75) is 200 Å². The molecule has 13 atom stereocenters. The number of methoxy groups -OCH3 is 1. The average Bonchev–Trinajstić information content (AvgIpc) is 0.882. The summed E-state index contributed by atoms with van der Waals surface area (Å²) >= 11 is 4.60. The first-order valence-electron chi connectivity index (χ1n) is 34.3. The summed E-state index contributed by atoms with van der Waals surface area (Å²) in [7, 11) is -5.08. The lowest BCUT2D eigenvalue weighted by molar-refractivity contribution is -0.366. The number of benzene rings is 6. The molecule has 2 aliphatic heterocycles. The number of hydrogen-bond acceptors (Lipinski definition) is 17. The fourth-order valence-corrected chi connectivity index (χ4v) is 18.9. The van der Waals surface area contributed by atoms with E-state index < -0.39 is 104 Å². The Balaban J connectivity index is 0.000000204. The first-order chi connectivity index (χ1) is 47.5. The smallest absolute Gasteiger partial charge is 0.224 e. The molecule has 0 spiro atoms. The summed E-state index contributed by atoms with van der Waals surface area (Å²) in [5.74, 6) is -3.89. The first-order valence-corrected chi connectivity index (χ1v) is 47.0. The second-order valence-electron chi connectivity index (χ2n) is 29.5. The topological polar surface area (TPSA) is 217 Å². The molecule has 8 N–H and O–H groups in total. The van der Waals surface area contributed by atoms with Crippen LogP contribution in [0.5, 0.6) is 0 Å². The van der Waals surface area contributed by atoms with Gasteiger partial charge in [0.05, 0.1) is 18.8 Å². The van der Waals surface area contributed by atoms with Crippen molar-refractivity contribution in [2.75, 3.05) is 13.7 Å². The largest absolute Gasteiger partial charge is 0.409 e. The van der Waals surface area contributed by atoms with Crippen molar-refractivity contribution in [1.82, 2.24) is 0 Å².